The number of rotatable bonds is 3. The zero-order valence-electron chi connectivity index (χ0n) is 11.5. The Hall–Kier alpha value is -2.14. The van der Waals surface area contributed by atoms with Gasteiger partial charge in [-0.05, 0) is 49.7 Å². The van der Waals surface area contributed by atoms with Gasteiger partial charge in [-0.3, -0.25) is 4.79 Å². The third kappa shape index (κ3) is 3.05. The normalized spacial score (nSPS) is 10.2. The second-order valence-corrected chi connectivity index (χ2v) is 5.63. The third-order valence-corrected chi connectivity index (χ3v) is 4.10. The Bertz CT molecular complexity index is 624. The fourth-order valence-electron chi connectivity index (χ4n) is 1.69. The molecule has 0 bridgehead atoms. The van der Waals surface area contributed by atoms with Crippen LogP contribution < -0.4 is 5.32 Å². The van der Waals surface area contributed by atoms with Crippen LogP contribution in [0.4, 0.5) is 5.69 Å². The van der Waals surface area contributed by atoms with E-state index in [0.717, 1.165) is 10.4 Å². The van der Waals surface area contributed by atoms with E-state index in [1.165, 1.54) is 18.4 Å². The van der Waals surface area contributed by atoms with Gasteiger partial charge in [-0.25, -0.2) is 4.79 Å². The van der Waals surface area contributed by atoms with Crippen molar-refractivity contribution < 1.29 is 14.3 Å². The van der Waals surface area contributed by atoms with Crippen molar-refractivity contribution in [1.82, 2.24) is 0 Å². The predicted molar refractivity (Wildman–Crippen MR) is 79.5 cm³/mol. The van der Waals surface area contributed by atoms with E-state index in [0.29, 0.717) is 16.1 Å². The molecule has 1 aromatic heterocycles. The Morgan fingerprint density at radius 2 is 1.80 bits per heavy atom. The standard InChI is InChI=1S/C15H15NO3S/c1-9-8-13(20-10(9)2)14(17)16-12-6-4-11(5-7-12)15(18)19-3/h4-8H,1-3H3,(H,16,17). The summed E-state index contributed by atoms with van der Waals surface area (Å²) in [6.45, 7) is 3.97. The zero-order chi connectivity index (χ0) is 14.7. The van der Waals surface area contributed by atoms with E-state index < -0.39 is 5.97 Å². The average Bonchev–Trinajstić information content (AvgIpc) is 2.79. The van der Waals surface area contributed by atoms with Gasteiger partial charge in [0.1, 0.15) is 0 Å². The maximum absolute atomic E-state index is 12.1. The lowest BCUT2D eigenvalue weighted by molar-refractivity contribution is 0.0600. The molecule has 0 spiro atoms. The minimum absolute atomic E-state index is 0.142. The second-order valence-electron chi connectivity index (χ2n) is 4.37. The van der Waals surface area contributed by atoms with Crippen LogP contribution in [-0.2, 0) is 4.74 Å². The number of amides is 1. The lowest BCUT2D eigenvalue weighted by atomic mass is 10.2. The number of carbonyl (C=O) groups excluding carboxylic acids is 2. The monoisotopic (exact) mass is 289 g/mol. The van der Waals surface area contributed by atoms with Crippen molar-refractivity contribution in [2.75, 3.05) is 12.4 Å². The van der Waals surface area contributed by atoms with Gasteiger partial charge in [-0.2, -0.15) is 0 Å². The number of aryl methyl sites for hydroxylation is 2. The number of esters is 1. The fourth-order valence-corrected chi connectivity index (χ4v) is 2.61. The van der Waals surface area contributed by atoms with Crippen LogP contribution in [0.3, 0.4) is 0 Å². The molecule has 0 unspecified atom stereocenters. The van der Waals surface area contributed by atoms with Crippen LogP contribution in [-0.4, -0.2) is 19.0 Å². The van der Waals surface area contributed by atoms with Crippen molar-refractivity contribution >= 4 is 28.9 Å². The highest BCUT2D eigenvalue weighted by Gasteiger charge is 2.11. The summed E-state index contributed by atoms with van der Waals surface area (Å²) in [5.41, 5.74) is 2.21. The van der Waals surface area contributed by atoms with Crippen LogP contribution in [0.2, 0.25) is 0 Å². The maximum atomic E-state index is 12.1. The summed E-state index contributed by atoms with van der Waals surface area (Å²) in [4.78, 5) is 25.2. The average molecular weight is 289 g/mol. The van der Waals surface area contributed by atoms with Gasteiger partial charge < -0.3 is 10.1 Å². The van der Waals surface area contributed by atoms with Crippen molar-refractivity contribution in [3.05, 3.63) is 51.2 Å². The molecule has 20 heavy (non-hydrogen) atoms. The Morgan fingerprint density at radius 3 is 2.30 bits per heavy atom. The SMILES string of the molecule is COC(=O)c1ccc(NC(=O)c2cc(C)c(C)s2)cc1. The number of hydrogen-bond donors (Lipinski definition) is 1. The number of carbonyl (C=O) groups is 2. The smallest absolute Gasteiger partial charge is 0.337 e. The number of thiophene rings is 1. The van der Waals surface area contributed by atoms with Gasteiger partial charge in [-0.1, -0.05) is 0 Å². The van der Waals surface area contributed by atoms with Crippen LogP contribution in [0.25, 0.3) is 0 Å². The number of ether oxygens (including phenoxy) is 1. The van der Waals surface area contributed by atoms with Crippen LogP contribution >= 0.6 is 11.3 Å². The molecule has 0 radical (unpaired) electrons. The first-order chi connectivity index (χ1) is 9.51. The number of anilines is 1. The van der Waals surface area contributed by atoms with Crippen LogP contribution in [0.15, 0.2) is 30.3 Å². The van der Waals surface area contributed by atoms with E-state index in [-0.39, 0.29) is 5.91 Å². The first-order valence-electron chi connectivity index (χ1n) is 6.08. The van der Waals surface area contributed by atoms with Gasteiger partial charge in [0.2, 0.25) is 0 Å². The van der Waals surface area contributed by atoms with Crippen LogP contribution in [0.5, 0.6) is 0 Å². The second kappa shape index (κ2) is 5.88. The molecule has 0 aliphatic heterocycles. The van der Waals surface area contributed by atoms with E-state index in [1.54, 1.807) is 24.3 Å². The zero-order valence-corrected chi connectivity index (χ0v) is 12.3. The molecule has 0 saturated carbocycles. The number of methoxy groups -OCH3 is 1. The first-order valence-corrected chi connectivity index (χ1v) is 6.89. The van der Waals surface area contributed by atoms with Gasteiger partial charge >= 0.3 is 5.97 Å². The molecule has 1 N–H and O–H groups in total. The molecule has 0 saturated heterocycles. The summed E-state index contributed by atoms with van der Waals surface area (Å²) in [5, 5.41) is 2.80. The molecule has 0 aliphatic carbocycles. The molecular formula is C15H15NO3S. The molecule has 1 heterocycles. The van der Waals surface area contributed by atoms with Gasteiger partial charge in [0.05, 0.1) is 17.6 Å². The minimum atomic E-state index is -0.396. The summed E-state index contributed by atoms with van der Waals surface area (Å²) < 4.78 is 4.62. The molecule has 1 aromatic carbocycles. The van der Waals surface area contributed by atoms with E-state index >= 15 is 0 Å². The van der Waals surface area contributed by atoms with E-state index in [9.17, 15) is 9.59 Å². The Morgan fingerprint density at radius 1 is 1.15 bits per heavy atom. The number of benzene rings is 1. The molecular weight excluding hydrogens is 274 g/mol. The summed E-state index contributed by atoms with van der Waals surface area (Å²) in [7, 11) is 1.33. The Kier molecular flexibility index (Phi) is 4.20. The van der Waals surface area contributed by atoms with E-state index in [1.807, 2.05) is 19.9 Å². The quantitative estimate of drug-likeness (QED) is 0.881. The van der Waals surface area contributed by atoms with Crippen molar-refractivity contribution in [2.24, 2.45) is 0 Å². The largest absolute Gasteiger partial charge is 0.465 e. The predicted octanol–water partition coefficient (Wildman–Crippen LogP) is 3.40. The van der Waals surface area contributed by atoms with Crippen LogP contribution in [0.1, 0.15) is 30.5 Å². The molecule has 2 aromatic rings. The molecule has 2 rings (SSSR count). The Labute approximate surface area is 121 Å². The molecule has 5 heteroatoms. The third-order valence-electron chi connectivity index (χ3n) is 2.95. The summed E-state index contributed by atoms with van der Waals surface area (Å²) in [5.74, 6) is -0.538. The van der Waals surface area contributed by atoms with Gasteiger partial charge in [0.15, 0.2) is 0 Å². The lowest BCUT2D eigenvalue weighted by Gasteiger charge is -2.04. The number of hydrogen-bond acceptors (Lipinski definition) is 4. The summed E-state index contributed by atoms with van der Waals surface area (Å²) in [6, 6.07) is 8.46. The lowest BCUT2D eigenvalue weighted by Crippen LogP contribution is -2.10. The molecule has 104 valence electrons. The summed E-state index contributed by atoms with van der Waals surface area (Å²) >= 11 is 1.47. The maximum Gasteiger partial charge on any atom is 0.337 e. The van der Waals surface area contributed by atoms with Crippen molar-refractivity contribution in [1.29, 1.82) is 0 Å². The van der Waals surface area contributed by atoms with Gasteiger partial charge in [-0.15, -0.1) is 11.3 Å². The highest BCUT2D eigenvalue weighted by molar-refractivity contribution is 7.14. The first kappa shape index (κ1) is 14.3. The highest BCUT2D eigenvalue weighted by Crippen LogP contribution is 2.22. The Balaban J connectivity index is 2.10. The molecule has 0 fully saturated rings. The fraction of sp³-hybridized carbons (Fsp3) is 0.200. The molecule has 0 aliphatic rings. The molecule has 4 nitrogen and oxygen atoms in total. The molecule has 1 amide bonds. The summed E-state index contributed by atoms with van der Waals surface area (Å²) in [6.07, 6.45) is 0. The van der Waals surface area contributed by atoms with E-state index in [4.69, 9.17) is 0 Å². The topological polar surface area (TPSA) is 55.4 Å². The highest BCUT2D eigenvalue weighted by atomic mass is 32.1. The number of nitrogens with one attached hydrogen (secondary N) is 1. The van der Waals surface area contributed by atoms with Crippen LogP contribution in [0, 0.1) is 13.8 Å². The van der Waals surface area contributed by atoms with Gasteiger partial charge in [0.25, 0.3) is 5.91 Å². The van der Waals surface area contributed by atoms with Crippen molar-refractivity contribution in [2.45, 2.75) is 13.8 Å². The van der Waals surface area contributed by atoms with E-state index in [2.05, 4.69) is 10.1 Å². The molecule has 0 atom stereocenters. The van der Waals surface area contributed by atoms with Gasteiger partial charge in [0, 0.05) is 10.6 Å². The minimum Gasteiger partial charge on any atom is -0.465 e. The van der Waals surface area contributed by atoms with Crippen molar-refractivity contribution in [3.8, 4) is 0 Å². The van der Waals surface area contributed by atoms with Crippen molar-refractivity contribution in [3.63, 3.8) is 0 Å².